The fourth-order valence-electron chi connectivity index (χ4n) is 4.83. The van der Waals surface area contributed by atoms with E-state index in [1.165, 1.54) is 31.4 Å². The number of nitrogens with one attached hydrogen (secondary N) is 1. The number of amides is 2. The Morgan fingerprint density at radius 2 is 1.95 bits per heavy atom. The van der Waals surface area contributed by atoms with E-state index >= 15 is 0 Å². The van der Waals surface area contributed by atoms with Gasteiger partial charge in [-0.25, -0.2) is 4.98 Å². The van der Waals surface area contributed by atoms with Crippen molar-refractivity contribution >= 4 is 34.3 Å². The highest BCUT2D eigenvalue weighted by atomic mass is 35.5. The minimum Gasteiger partial charge on any atom is -0.494 e. The molecule has 0 unspecified atom stereocenters. The minimum atomic E-state index is -5.32. The molecule has 1 atom stereocenters. The summed E-state index contributed by atoms with van der Waals surface area (Å²) in [4.78, 5) is 29.3. The number of ether oxygens (including phenoxy) is 2. The molecule has 44 heavy (non-hydrogen) atoms. The number of carbonyl (C=O) groups is 2. The third kappa shape index (κ3) is 6.15. The average molecular weight is 632 g/mol. The molecule has 0 bridgehead atoms. The first kappa shape index (κ1) is 31.1. The van der Waals surface area contributed by atoms with E-state index in [0.717, 1.165) is 18.9 Å². The Balaban J connectivity index is 1.55. The molecule has 2 amide bonds. The van der Waals surface area contributed by atoms with Crippen LogP contribution < -0.4 is 20.5 Å². The van der Waals surface area contributed by atoms with Crippen LogP contribution in [0.1, 0.15) is 47.4 Å². The van der Waals surface area contributed by atoms with Crippen LogP contribution in [0.25, 0.3) is 22.2 Å². The fraction of sp³-hybridized carbons (Fsp3) is 0.333. The number of carbonyl (C=O) groups excluding carboxylic acids is 2. The van der Waals surface area contributed by atoms with Crippen LogP contribution in [0.2, 0.25) is 5.02 Å². The summed E-state index contributed by atoms with van der Waals surface area (Å²) in [6.07, 6.45) is -2.13. The number of aromatic nitrogens is 3. The van der Waals surface area contributed by atoms with Gasteiger partial charge in [-0.1, -0.05) is 23.7 Å². The van der Waals surface area contributed by atoms with Gasteiger partial charge in [-0.15, -0.1) is 0 Å². The Labute approximate surface area is 254 Å². The number of primary amides is 1. The van der Waals surface area contributed by atoms with E-state index in [-0.39, 0.29) is 51.6 Å². The number of pyridine rings is 1. The molecule has 0 saturated heterocycles. The molecule has 1 saturated carbocycles. The van der Waals surface area contributed by atoms with Crippen molar-refractivity contribution in [2.45, 2.75) is 44.0 Å². The lowest BCUT2D eigenvalue weighted by atomic mass is 9.93. The second-order valence-corrected chi connectivity index (χ2v) is 10.9. The quantitative estimate of drug-likeness (QED) is 0.218. The molecule has 0 spiro atoms. The summed E-state index contributed by atoms with van der Waals surface area (Å²) in [5.41, 5.74) is 1.50. The van der Waals surface area contributed by atoms with Crippen molar-refractivity contribution in [2.24, 2.45) is 5.73 Å². The summed E-state index contributed by atoms with van der Waals surface area (Å²) in [7, 11) is 1.40. The molecule has 2 aromatic carbocycles. The Kier molecular flexibility index (Phi) is 8.45. The van der Waals surface area contributed by atoms with Gasteiger partial charge < -0.3 is 25.6 Å². The fourth-order valence-corrected chi connectivity index (χ4v) is 5.02. The molecular weight excluding hydrogens is 603 g/mol. The summed E-state index contributed by atoms with van der Waals surface area (Å²) in [5.74, 6) is -1.46. The maximum atomic E-state index is 14.7. The first-order chi connectivity index (χ1) is 20.8. The van der Waals surface area contributed by atoms with Gasteiger partial charge in [-0.2, -0.15) is 18.3 Å². The van der Waals surface area contributed by atoms with Crippen LogP contribution in [-0.4, -0.2) is 58.1 Å². The topological polar surface area (TPSA) is 142 Å². The molecular formula is C30H29ClF3N5O5. The summed E-state index contributed by atoms with van der Waals surface area (Å²) in [6.45, 7) is 0.435. The highest BCUT2D eigenvalue weighted by Gasteiger charge is 2.56. The van der Waals surface area contributed by atoms with E-state index in [4.69, 9.17) is 26.8 Å². The van der Waals surface area contributed by atoms with Crippen LogP contribution in [0.15, 0.2) is 48.7 Å². The van der Waals surface area contributed by atoms with E-state index in [2.05, 4.69) is 15.4 Å². The number of nitrogens with zero attached hydrogens (tertiary/aromatic N) is 3. The molecule has 5 rings (SSSR count). The van der Waals surface area contributed by atoms with Crippen molar-refractivity contribution in [1.82, 2.24) is 20.1 Å². The Morgan fingerprint density at radius 1 is 1.20 bits per heavy atom. The lowest BCUT2D eigenvalue weighted by Crippen LogP contribution is -2.51. The summed E-state index contributed by atoms with van der Waals surface area (Å²) in [6, 6.07) is 10.1. The Bertz CT molecular complexity index is 1740. The SMILES string of the molecule is CCOc1c(CC(N)=O)cc([C@@](O)(CNC(=O)c2cc(OC)c3nn(C4CC4)cc3c2)C(F)(F)F)nc1-c1cccc(Cl)c1. The first-order valence-corrected chi connectivity index (χ1v) is 14.1. The number of rotatable bonds is 11. The van der Waals surface area contributed by atoms with Crippen molar-refractivity contribution < 1.29 is 37.3 Å². The van der Waals surface area contributed by atoms with E-state index < -0.39 is 42.3 Å². The average Bonchev–Trinajstić information content (AvgIpc) is 3.73. The number of nitrogens with two attached hydrogens (primary N) is 1. The van der Waals surface area contributed by atoms with Gasteiger partial charge in [0, 0.05) is 33.3 Å². The van der Waals surface area contributed by atoms with Gasteiger partial charge in [0.1, 0.15) is 22.7 Å². The van der Waals surface area contributed by atoms with Crippen LogP contribution in [0.5, 0.6) is 11.5 Å². The van der Waals surface area contributed by atoms with E-state index in [1.54, 1.807) is 29.9 Å². The smallest absolute Gasteiger partial charge is 0.424 e. The van der Waals surface area contributed by atoms with Crippen LogP contribution in [-0.2, 0) is 16.8 Å². The van der Waals surface area contributed by atoms with Crippen molar-refractivity contribution in [3.8, 4) is 22.8 Å². The summed E-state index contributed by atoms with van der Waals surface area (Å²) >= 11 is 6.14. The number of benzene rings is 2. The molecule has 1 aliphatic carbocycles. The standard InChI is InChI=1S/C30H29ClF3N5O5/c1-3-44-27-17(13-24(35)40)12-23(37-26(27)16-5-4-6-20(31)10-16)29(42,30(32,33)34)15-36-28(41)18-9-19-14-39(21-7-8-21)38-25(19)22(11-18)43-2/h4-6,9-12,14,21,42H,3,7-8,13,15H2,1-2H3,(H2,35,40)(H,36,41)/t29-/m0/s1. The van der Waals surface area contributed by atoms with Crippen molar-refractivity contribution in [1.29, 1.82) is 0 Å². The number of aliphatic hydroxyl groups is 1. The molecule has 4 N–H and O–H groups in total. The molecule has 1 fully saturated rings. The van der Waals surface area contributed by atoms with E-state index in [0.29, 0.717) is 10.9 Å². The number of hydrogen-bond acceptors (Lipinski definition) is 7. The molecule has 4 aromatic rings. The molecule has 232 valence electrons. The van der Waals surface area contributed by atoms with Gasteiger partial charge in [0.05, 0.1) is 38.4 Å². The normalized spacial score (nSPS) is 14.7. The third-order valence-corrected chi connectivity index (χ3v) is 7.43. The summed E-state index contributed by atoms with van der Waals surface area (Å²) in [5, 5.41) is 18.8. The summed E-state index contributed by atoms with van der Waals surface area (Å²) < 4.78 is 56.9. The third-order valence-electron chi connectivity index (χ3n) is 7.19. The predicted octanol–water partition coefficient (Wildman–Crippen LogP) is 4.70. The number of methoxy groups -OCH3 is 1. The van der Waals surface area contributed by atoms with Gasteiger partial charge in [0.2, 0.25) is 11.5 Å². The predicted molar refractivity (Wildman–Crippen MR) is 156 cm³/mol. The number of hydrogen-bond donors (Lipinski definition) is 3. The van der Waals surface area contributed by atoms with Gasteiger partial charge in [0.15, 0.2) is 0 Å². The zero-order valence-corrected chi connectivity index (χ0v) is 24.5. The Hall–Kier alpha value is -4.36. The first-order valence-electron chi connectivity index (χ1n) is 13.7. The zero-order valence-electron chi connectivity index (χ0n) is 23.7. The molecule has 0 aliphatic heterocycles. The number of halogens is 4. The van der Waals surface area contributed by atoms with Gasteiger partial charge in [-0.05, 0) is 50.1 Å². The molecule has 2 aromatic heterocycles. The molecule has 0 radical (unpaired) electrons. The Morgan fingerprint density at radius 3 is 2.57 bits per heavy atom. The minimum absolute atomic E-state index is 0.00269. The lowest BCUT2D eigenvalue weighted by Gasteiger charge is -2.31. The van der Waals surface area contributed by atoms with Crippen LogP contribution in [0, 0.1) is 0 Å². The van der Waals surface area contributed by atoms with Crippen LogP contribution >= 0.6 is 11.6 Å². The van der Waals surface area contributed by atoms with E-state index in [1.807, 2.05) is 0 Å². The molecule has 10 nitrogen and oxygen atoms in total. The maximum absolute atomic E-state index is 14.7. The molecule has 14 heteroatoms. The number of alkyl halides is 3. The van der Waals surface area contributed by atoms with Crippen LogP contribution in [0.4, 0.5) is 13.2 Å². The second-order valence-electron chi connectivity index (χ2n) is 10.4. The maximum Gasteiger partial charge on any atom is 0.424 e. The van der Waals surface area contributed by atoms with Crippen molar-refractivity contribution in [2.75, 3.05) is 20.3 Å². The highest BCUT2D eigenvalue weighted by Crippen LogP contribution is 2.42. The molecule has 1 aliphatic rings. The zero-order chi connectivity index (χ0) is 31.8. The second kappa shape index (κ2) is 12.0. The number of fused-ring (bicyclic) bond motifs is 1. The molecule has 2 heterocycles. The monoisotopic (exact) mass is 631 g/mol. The van der Waals surface area contributed by atoms with Gasteiger partial charge >= 0.3 is 6.18 Å². The van der Waals surface area contributed by atoms with Gasteiger partial charge in [-0.3, -0.25) is 14.3 Å². The largest absolute Gasteiger partial charge is 0.494 e. The van der Waals surface area contributed by atoms with Crippen molar-refractivity contribution in [3.63, 3.8) is 0 Å². The van der Waals surface area contributed by atoms with Crippen molar-refractivity contribution in [3.05, 3.63) is 70.5 Å². The lowest BCUT2D eigenvalue weighted by molar-refractivity contribution is -0.265. The van der Waals surface area contributed by atoms with E-state index in [9.17, 15) is 27.9 Å². The van der Waals surface area contributed by atoms with Gasteiger partial charge in [0.25, 0.3) is 5.91 Å². The highest BCUT2D eigenvalue weighted by molar-refractivity contribution is 6.30. The van der Waals surface area contributed by atoms with Crippen LogP contribution in [0.3, 0.4) is 0 Å².